The van der Waals surface area contributed by atoms with E-state index in [1.807, 2.05) is 13.8 Å². The van der Waals surface area contributed by atoms with Gasteiger partial charge in [-0.3, -0.25) is 15.1 Å². The second-order valence-electron chi connectivity index (χ2n) is 4.61. The molecule has 0 atom stereocenters. The summed E-state index contributed by atoms with van der Waals surface area (Å²) >= 11 is 5.80. The average Bonchev–Trinajstić information content (AvgIpc) is 2.36. The lowest BCUT2D eigenvalue weighted by molar-refractivity contribution is -0.385. The second kappa shape index (κ2) is 6.01. The molecule has 0 saturated carbocycles. The Morgan fingerprint density at radius 2 is 2.05 bits per heavy atom. The third-order valence-corrected chi connectivity index (χ3v) is 2.74. The standard InChI is InChI=1S/C13H13ClN4O3/c1-7(2)21-10-4-9(5-15-6-10)11-12(18(19)20)8(3)16-13(14)17-11/h4-7H,1-3H3. The third kappa shape index (κ3) is 3.43. The van der Waals surface area contributed by atoms with Gasteiger partial charge in [0.25, 0.3) is 0 Å². The summed E-state index contributed by atoms with van der Waals surface area (Å²) < 4.78 is 5.53. The molecule has 0 N–H and O–H groups in total. The van der Waals surface area contributed by atoms with Crippen LogP contribution in [0.4, 0.5) is 5.69 Å². The number of hydrogen-bond donors (Lipinski definition) is 0. The van der Waals surface area contributed by atoms with Crippen molar-refractivity contribution in [1.82, 2.24) is 15.0 Å². The maximum Gasteiger partial charge on any atom is 0.316 e. The molecule has 0 radical (unpaired) electrons. The number of ether oxygens (including phenoxy) is 1. The van der Waals surface area contributed by atoms with Crippen LogP contribution in [0.3, 0.4) is 0 Å². The number of pyridine rings is 1. The Kier molecular flexibility index (Phi) is 4.32. The first-order valence-corrected chi connectivity index (χ1v) is 6.57. The maximum atomic E-state index is 11.2. The summed E-state index contributed by atoms with van der Waals surface area (Å²) in [7, 11) is 0. The average molecular weight is 309 g/mol. The van der Waals surface area contributed by atoms with Gasteiger partial charge in [-0.1, -0.05) is 0 Å². The quantitative estimate of drug-likeness (QED) is 0.489. The highest BCUT2D eigenvalue weighted by Crippen LogP contribution is 2.32. The van der Waals surface area contributed by atoms with Crippen LogP contribution in [0.15, 0.2) is 18.5 Å². The number of halogens is 1. The molecule has 0 aliphatic carbocycles. The summed E-state index contributed by atoms with van der Waals surface area (Å²) in [5, 5.41) is 11.2. The molecule has 2 aromatic rings. The van der Waals surface area contributed by atoms with Crippen LogP contribution in [-0.2, 0) is 0 Å². The van der Waals surface area contributed by atoms with E-state index in [0.29, 0.717) is 11.3 Å². The molecule has 2 heterocycles. The molecule has 0 fully saturated rings. The Hall–Kier alpha value is -2.28. The lowest BCUT2D eigenvalue weighted by atomic mass is 10.1. The van der Waals surface area contributed by atoms with Crippen LogP contribution < -0.4 is 4.74 Å². The summed E-state index contributed by atoms with van der Waals surface area (Å²) in [4.78, 5) is 22.5. The fourth-order valence-corrected chi connectivity index (χ4v) is 2.05. The van der Waals surface area contributed by atoms with Gasteiger partial charge >= 0.3 is 5.69 Å². The van der Waals surface area contributed by atoms with Gasteiger partial charge in [-0.2, -0.15) is 0 Å². The van der Waals surface area contributed by atoms with E-state index in [0.717, 1.165) is 0 Å². The molecule has 0 spiro atoms. The number of aromatic nitrogens is 3. The van der Waals surface area contributed by atoms with E-state index in [2.05, 4.69) is 15.0 Å². The molecule has 8 heteroatoms. The van der Waals surface area contributed by atoms with Crippen molar-refractivity contribution in [2.75, 3.05) is 0 Å². The van der Waals surface area contributed by atoms with Gasteiger partial charge in [-0.15, -0.1) is 0 Å². The first-order chi connectivity index (χ1) is 9.88. The first-order valence-electron chi connectivity index (χ1n) is 6.19. The van der Waals surface area contributed by atoms with Gasteiger partial charge in [-0.05, 0) is 38.4 Å². The van der Waals surface area contributed by atoms with E-state index in [1.54, 1.807) is 6.07 Å². The van der Waals surface area contributed by atoms with E-state index >= 15 is 0 Å². The Labute approximate surface area is 126 Å². The zero-order valence-corrected chi connectivity index (χ0v) is 12.5. The van der Waals surface area contributed by atoms with Crippen molar-refractivity contribution in [3.63, 3.8) is 0 Å². The molecule has 2 rings (SSSR count). The van der Waals surface area contributed by atoms with Gasteiger partial charge in [0, 0.05) is 11.8 Å². The van der Waals surface area contributed by atoms with Crippen LogP contribution in [-0.4, -0.2) is 26.0 Å². The molecule has 0 saturated heterocycles. The van der Waals surface area contributed by atoms with Crippen LogP contribution in [0, 0.1) is 17.0 Å². The maximum absolute atomic E-state index is 11.2. The number of nitro groups is 1. The number of aryl methyl sites for hydroxylation is 1. The SMILES string of the molecule is Cc1nc(Cl)nc(-c2cncc(OC(C)C)c2)c1[N+](=O)[O-]. The second-order valence-corrected chi connectivity index (χ2v) is 4.95. The van der Waals surface area contributed by atoms with Crippen molar-refractivity contribution in [3.8, 4) is 17.0 Å². The number of hydrogen-bond acceptors (Lipinski definition) is 6. The zero-order valence-electron chi connectivity index (χ0n) is 11.7. The summed E-state index contributed by atoms with van der Waals surface area (Å²) in [6.07, 6.45) is 2.97. The molecule has 0 unspecified atom stereocenters. The molecule has 2 aromatic heterocycles. The highest BCUT2D eigenvalue weighted by atomic mass is 35.5. The molecule has 0 aromatic carbocycles. The minimum atomic E-state index is -0.531. The van der Waals surface area contributed by atoms with Crippen LogP contribution in [0.5, 0.6) is 5.75 Å². The Morgan fingerprint density at radius 3 is 2.67 bits per heavy atom. The monoisotopic (exact) mass is 308 g/mol. The van der Waals surface area contributed by atoms with Crippen LogP contribution in [0.2, 0.25) is 5.28 Å². The number of nitrogens with zero attached hydrogens (tertiary/aromatic N) is 4. The van der Waals surface area contributed by atoms with Gasteiger partial charge in [0.15, 0.2) is 5.69 Å². The zero-order chi connectivity index (χ0) is 15.6. The topological polar surface area (TPSA) is 91.0 Å². The van der Waals surface area contributed by atoms with E-state index < -0.39 is 4.92 Å². The van der Waals surface area contributed by atoms with Crippen molar-refractivity contribution in [2.24, 2.45) is 0 Å². The fourth-order valence-electron chi connectivity index (χ4n) is 1.84. The van der Waals surface area contributed by atoms with Gasteiger partial charge < -0.3 is 4.74 Å². The largest absolute Gasteiger partial charge is 0.489 e. The highest BCUT2D eigenvalue weighted by Gasteiger charge is 2.23. The van der Waals surface area contributed by atoms with E-state index in [1.165, 1.54) is 19.3 Å². The van der Waals surface area contributed by atoms with Crippen LogP contribution in [0.1, 0.15) is 19.5 Å². The molecule has 21 heavy (non-hydrogen) atoms. The van der Waals surface area contributed by atoms with Crippen molar-refractivity contribution in [3.05, 3.63) is 39.6 Å². The Bertz CT molecular complexity index is 691. The fraction of sp³-hybridized carbons (Fsp3) is 0.308. The summed E-state index contributed by atoms with van der Waals surface area (Å²) in [6, 6.07) is 1.64. The predicted molar refractivity (Wildman–Crippen MR) is 77.4 cm³/mol. The normalized spacial score (nSPS) is 10.7. The Balaban J connectivity index is 2.58. The molecule has 0 bridgehead atoms. The van der Waals surface area contributed by atoms with E-state index in [-0.39, 0.29) is 28.5 Å². The molecule has 7 nitrogen and oxygen atoms in total. The van der Waals surface area contributed by atoms with Crippen molar-refractivity contribution >= 4 is 17.3 Å². The molecule has 110 valence electrons. The van der Waals surface area contributed by atoms with Crippen LogP contribution in [0.25, 0.3) is 11.3 Å². The summed E-state index contributed by atoms with van der Waals surface area (Å²) in [5.74, 6) is 0.504. The third-order valence-electron chi connectivity index (χ3n) is 2.57. The smallest absolute Gasteiger partial charge is 0.316 e. The van der Waals surface area contributed by atoms with E-state index in [4.69, 9.17) is 16.3 Å². The molecule has 0 amide bonds. The van der Waals surface area contributed by atoms with Gasteiger partial charge in [0.05, 0.1) is 17.2 Å². The molecule has 0 aliphatic rings. The van der Waals surface area contributed by atoms with Gasteiger partial charge in [0.1, 0.15) is 11.4 Å². The molecular weight excluding hydrogens is 296 g/mol. The molecular formula is C13H13ClN4O3. The summed E-state index contributed by atoms with van der Waals surface area (Å²) in [6.45, 7) is 5.26. The summed E-state index contributed by atoms with van der Waals surface area (Å²) in [5.41, 5.74) is 0.583. The lowest BCUT2D eigenvalue weighted by Crippen LogP contribution is -2.06. The van der Waals surface area contributed by atoms with E-state index in [9.17, 15) is 10.1 Å². The minimum absolute atomic E-state index is 0.0345. The van der Waals surface area contributed by atoms with Crippen LogP contribution >= 0.6 is 11.6 Å². The predicted octanol–water partition coefficient (Wildman–Crippen LogP) is 3.20. The van der Waals surface area contributed by atoms with Crippen molar-refractivity contribution < 1.29 is 9.66 Å². The minimum Gasteiger partial charge on any atom is -0.489 e. The van der Waals surface area contributed by atoms with Crippen molar-refractivity contribution in [1.29, 1.82) is 0 Å². The van der Waals surface area contributed by atoms with Gasteiger partial charge in [-0.25, -0.2) is 9.97 Å². The first kappa shape index (κ1) is 15.1. The lowest BCUT2D eigenvalue weighted by Gasteiger charge is -2.10. The highest BCUT2D eigenvalue weighted by molar-refractivity contribution is 6.28. The number of rotatable bonds is 4. The van der Waals surface area contributed by atoms with Gasteiger partial charge in [0.2, 0.25) is 5.28 Å². The Morgan fingerprint density at radius 1 is 1.33 bits per heavy atom. The van der Waals surface area contributed by atoms with Crippen molar-refractivity contribution in [2.45, 2.75) is 26.9 Å². The molecule has 0 aliphatic heterocycles.